The summed E-state index contributed by atoms with van der Waals surface area (Å²) in [5.74, 6) is -0.767. The highest BCUT2D eigenvalue weighted by molar-refractivity contribution is 6.05. The van der Waals surface area contributed by atoms with E-state index in [-0.39, 0.29) is 29.7 Å². The Kier molecular flexibility index (Phi) is 5.54. The van der Waals surface area contributed by atoms with Crippen molar-refractivity contribution in [3.05, 3.63) is 34.9 Å². The molecular formula is C23H30N4O4. The first-order chi connectivity index (χ1) is 15.1. The Morgan fingerprint density at radius 1 is 1.19 bits per heavy atom. The van der Waals surface area contributed by atoms with Crippen molar-refractivity contribution in [3.8, 4) is 0 Å². The highest BCUT2D eigenvalue weighted by Crippen LogP contribution is 2.33. The minimum Gasteiger partial charge on any atom is -0.371 e. The molecule has 3 N–H and O–H groups in total. The predicted octanol–water partition coefficient (Wildman–Crippen LogP) is 0.838. The van der Waals surface area contributed by atoms with Crippen molar-refractivity contribution < 1.29 is 19.1 Å². The fraction of sp³-hybridized carbons (Fsp3) is 0.609. The molecule has 1 aromatic carbocycles. The minimum absolute atomic E-state index is 0.119. The molecule has 1 unspecified atom stereocenters. The average molecular weight is 427 g/mol. The van der Waals surface area contributed by atoms with Crippen molar-refractivity contribution in [1.82, 2.24) is 20.9 Å². The molecule has 0 radical (unpaired) electrons. The first-order valence-electron chi connectivity index (χ1n) is 11.4. The number of fused-ring (bicyclic) bond motifs is 1. The van der Waals surface area contributed by atoms with Crippen molar-refractivity contribution in [2.45, 2.75) is 69.3 Å². The van der Waals surface area contributed by atoms with Crippen LogP contribution in [0.4, 0.5) is 0 Å². The van der Waals surface area contributed by atoms with Gasteiger partial charge in [0.25, 0.3) is 5.91 Å². The van der Waals surface area contributed by atoms with Gasteiger partial charge in [-0.3, -0.25) is 19.7 Å². The molecule has 1 aliphatic carbocycles. The smallest absolute Gasteiger partial charge is 0.255 e. The van der Waals surface area contributed by atoms with E-state index in [2.05, 4.69) is 22.0 Å². The normalized spacial score (nSPS) is 31.1. The molecule has 166 valence electrons. The molecule has 3 atom stereocenters. The molecule has 1 aromatic rings. The fourth-order valence-corrected chi connectivity index (χ4v) is 5.54. The van der Waals surface area contributed by atoms with E-state index in [1.807, 2.05) is 12.1 Å². The number of carbonyl (C=O) groups excluding carboxylic acids is 3. The zero-order valence-electron chi connectivity index (χ0n) is 17.7. The predicted molar refractivity (Wildman–Crippen MR) is 113 cm³/mol. The van der Waals surface area contributed by atoms with E-state index in [1.165, 1.54) is 12.8 Å². The Bertz CT molecular complexity index is 887. The van der Waals surface area contributed by atoms with Gasteiger partial charge in [-0.05, 0) is 36.5 Å². The van der Waals surface area contributed by atoms with E-state index in [1.54, 1.807) is 4.90 Å². The summed E-state index contributed by atoms with van der Waals surface area (Å²) < 4.78 is 6.26. The van der Waals surface area contributed by atoms with E-state index in [0.29, 0.717) is 24.6 Å². The molecule has 8 nitrogen and oxygen atoms in total. The first kappa shape index (κ1) is 20.6. The third kappa shape index (κ3) is 3.88. The zero-order valence-corrected chi connectivity index (χ0v) is 17.7. The molecule has 3 aliphatic heterocycles. The second kappa shape index (κ2) is 8.33. The van der Waals surface area contributed by atoms with Gasteiger partial charge in [0.15, 0.2) is 0 Å². The maximum atomic E-state index is 12.9. The lowest BCUT2D eigenvalue weighted by atomic mass is 9.79. The van der Waals surface area contributed by atoms with E-state index < -0.39 is 6.04 Å². The molecule has 3 heterocycles. The number of morpholine rings is 1. The lowest BCUT2D eigenvalue weighted by Gasteiger charge is -2.47. The Hall–Kier alpha value is -2.29. The standard InChI is InChI=1S/C23H30N4O4/c28-20-7-6-18(21(29)26-20)27-13-16-11-15(4-5-17(16)22(27)30)12-25-19-3-1-2-8-23(19)14-24-9-10-31-23/h4-5,11,18-19,24-25H,1-3,6-10,12-14H2,(H,26,28,29)/t18?,19-,23+/m1/s1. The minimum atomic E-state index is -0.572. The number of carbonyl (C=O) groups is 3. The number of nitrogens with zero attached hydrogens (tertiary/aromatic N) is 1. The third-order valence-electron chi connectivity index (χ3n) is 7.21. The van der Waals surface area contributed by atoms with Gasteiger partial charge in [-0.2, -0.15) is 0 Å². The first-order valence-corrected chi connectivity index (χ1v) is 11.4. The number of rotatable bonds is 4. The summed E-state index contributed by atoms with van der Waals surface area (Å²) in [6.07, 6.45) is 5.26. The quantitative estimate of drug-likeness (QED) is 0.617. The van der Waals surface area contributed by atoms with E-state index in [4.69, 9.17) is 4.74 Å². The van der Waals surface area contributed by atoms with Crippen LogP contribution in [0.2, 0.25) is 0 Å². The molecule has 1 spiro atoms. The zero-order chi connectivity index (χ0) is 21.4. The van der Waals surface area contributed by atoms with Crippen molar-refractivity contribution >= 4 is 17.7 Å². The van der Waals surface area contributed by atoms with Gasteiger partial charge in [0.1, 0.15) is 6.04 Å². The SMILES string of the molecule is O=C1CCC(N2Cc3cc(CN[C@@H]4CCCC[C@]45CNCCO5)ccc3C2=O)C(=O)N1. The molecule has 0 bridgehead atoms. The summed E-state index contributed by atoms with van der Waals surface area (Å²) in [7, 11) is 0. The van der Waals surface area contributed by atoms with E-state index in [0.717, 1.165) is 50.2 Å². The van der Waals surface area contributed by atoms with Crippen LogP contribution in [0.25, 0.3) is 0 Å². The monoisotopic (exact) mass is 426 g/mol. The number of hydrogen-bond donors (Lipinski definition) is 3. The summed E-state index contributed by atoms with van der Waals surface area (Å²) in [4.78, 5) is 38.1. The van der Waals surface area contributed by atoms with Gasteiger partial charge in [0.05, 0.1) is 12.2 Å². The molecule has 3 fully saturated rings. The van der Waals surface area contributed by atoms with Crippen LogP contribution in [0.15, 0.2) is 18.2 Å². The van der Waals surface area contributed by atoms with Crippen LogP contribution in [0.5, 0.6) is 0 Å². The van der Waals surface area contributed by atoms with E-state index >= 15 is 0 Å². The number of ether oxygens (including phenoxy) is 1. The molecule has 2 saturated heterocycles. The Morgan fingerprint density at radius 3 is 2.90 bits per heavy atom. The molecule has 4 aliphatic rings. The Morgan fingerprint density at radius 2 is 2.10 bits per heavy atom. The van der Waals surface area contributed by atoms with Crippen molar-refractivity contribution in [2.24, 2.45) is 0 Å². The van der Waals surface area contributed by atoms with Crippen LogP contribution in [-0.2, 0) is 27.4 Å². The van der Waals surface area contributed by atoms with Crippen molar-refractivity contribution in [1.29, 1.82) is 0 Å². The van der Waals surface area contributed by atoms with Gasteiger partial charge >= 0.3 is 0 Å². The van der Waals surface area contributed by atoms with Crippen molar-refractivity contribution in [2.75, 3.05) is 19.7 Å². The maximum Gasteiger partial charge on any atom is 0.255 e. The molecule has 0 aromatic heterocycles. The van der Waals surface area contributed by atoms with Crippen LogP contribution < -0.4 is 16.0 Å². The fourth-order valence-electron chi connectivity index (χ4n) is 5.54. The van der Waals surface area contributed by atoms with Crippen LogP contribution in [0.1, 0.15) is 60.0 Å². The van der Waals surface area contributed by atoms with Gasteiger partial charge < -0.3 is 20.3 Å². The van der Waals surface area contributed by atoms with Crippen LogP contribution >= 0.6 is 0 Å². The second-order valence-corrected chi connectivity index (χ2v) is 9.16. The second-order valence-electron chi connectivity index (χ2n) is 9.16. The summed E-state index contributed by atoms with van der Waals surface area (Å²) in [6, 6.07) is 5.67. The summed E-state index contributed by atoms with van der Waals surface area (Å²) in [6.45, 7) is 3.70. The number of hydrogen-bond acceptors (Lipinski definition) is 6. The summed E-state index contributed by atoms with van der Waals surface area (Å²) >= 11 is 0. The Labute approximate surface area is 182 Å². The number of benzene rings is 1. The largest absolute Gasteiger partial charge is 0.371 e. The highest BCUT2D eigenvalue weighted by Gasteiger charge is 2.43. The lowest BCUT2D eigenvalue weighted by molar-refractivity contribution is -0.136. The Balaban J connectivity index is 1.26. The molecule has 5 rings (SSSR count). The molecule has 8 heteroatoms. The molecular weight excluding hydrogens is 396 g/mol. The molecule has 31 heavy (non-hydrogen) atoms. The van der Waals surface area contributed by atoms with Crippen LogP contribution in [0, 0.1) is 0 Å². The highest BCUT2D eigenvalue weighted by atomic mass is 16.5. The summed E-state index contributed by atoms with van der Waals surface area (Å²) in [5.41, 5.74) is 2.61. The number of nitrogens with one attached hydrogen (secondary N) is 3. The summed E-state index contributed by atoms with van der Waals surface area (Å²) in [5, 5.41) is 9.57. The van der Waals surface area contributed by atoms with Gasteiger partial charge in [-0.15, -0.1) is 0 Å². The van der Waals surface area contributed by atoms with Gasteiger partial charge in [0, 0.05) is 44.2 Å². The molecule has 3 amide bonds. The third-order valence-corrected chi connectivity index (χ3v) is 7.21. The number of imide groups is 1. The van der Waals surface area contributed by atoms with Gasteiger partial charge in [-0.25, -0.2) is 0 Å². The average Bonchev–Trinajstić information content (AvgIpc) is 3.09. The molecule has 1 saturated carbocycles. The van der Waals surface area contributed by atoms with Gasteiger partial charge in [-0.1, -0.05) is 25.0 Å². The number of piperidine rings is 1. The van der Waals surface area contributed by atoms with Crippen LogP contribution in [-0.4, -0.2) is 60.0 Å². The maximum absolute atomic E-state index is 12.9. The van der Waals surface area contributed by atoms with Crippen molar-refractivity contribution in [3.63, 3.8) is 0 Å². The lowest BCUT2D eigenvalue weighted by Crippen LogP contribution is -2.62. The van der Waals surface area contributed by atoms with Gasteiger partial charge in [0.2, 0.25) is 11.8 Å². The number of amides is 3. The van der Waals surface area contributed by atoms with Crippen LogP contribution in [0.3, 0.4) is 0 Å². The topological polar surface area (TPSA) is 99.8 Å². The van der Waals surface area contributed by atoms with E-state index in [9.17, 15) is 14.4 Å².